The smallest absolute Gasteiger partial charge is 0.294 e. The summed E-state index contributed by atoms with van der Waals surface area (Å²) in [5.41, 5.74) is -3.08. The van der Waals surface area contributed by atoms with Crippen LogP contribution >= 0.6 is 23.2 Å². The van der Waals surface area contributed by atoms with Crippen LogP contribution in [0.25, 0.3) is 0 Å². The van der Waals surface area contributed by atoms with E-state index in [1.165, 1.54) is 18.2 Å². The highest BCUT2D eigenvalue weighted by molar-refractivity contribution is 6.36. The van der Waals surface area contributed by atoms with Crippen molar-refractivity contribution in [3.63, 3.8) is 0 Å². The van der Waals surface area contributed by atoms with Crippen LogP contribution in [0.4, 0.5) is 13.2 Å². The van der Waals surface area contributed by atoms with Crippen LogP contribution < -0.4 is 0 Å². The molecule has 1 aromatic rings. The number of halogens is 5. The fourth-order valence-corrected chi connectivity index (χ4v) is 2.04. The highest BCUT2D eigenvalue weighted by atomic mass is 35.5. The van der Waals surface area contributed by atoms with Gasteiger partial charge in [-0.3, -0.25) is 4.79 Å². The van der Waals surface area contributed by atoms with E-state index in [-0.39, 0.29) is 15.6 Å². The Labute approximate surface area is 120 Å². The van der Waals surface area contributed by atoms with Gasteiger partial charge in [0.15, 0.2) is 5.78 Å². The van der Waals surface area contributed by atoms with Crippen LogP contribution in [-0.2, 0) is 0 Å². The minimum absolute atomic E-state index is 0.0494. The summed E-state index contributed by atoms with van der Waals surface area (Å²) in [5.74, 6) is -0.885. The molecule has 1 aliphatic rings. The minimum atomic E-state index is -4.88. The maximum atomic E-state index is 12.9. The number of alkyl halides is 3. The van der Waals surface area contributed by atoms with Crippen molar-refractivity contribution in [3.05, 3.63) is 33.8 Å². The number of ketones is 1. The monoisotopic (exact) mass is 324 g/mol. The zero-order chi connectivity index (χ0) is 15.0. The predicted octanol–water partition coefficient (Wildman–Crippen LogP) is 4.66. The molecular formula is C10H5Cl2F3N4O. The molecule has 1 heterocycles. The van der Waals surface area contributed by atoms with Crippen molar-refractivity contribution in [1.29, 1.82) is 0 Å². The molecular weight excluding hydrogens is 320 g/mol. The van der Waals surface area contributed by atoms with Crippen molar-refractivity contribution in [2.24, 2.45) is 20.7 Å². The molecule has 0 saturated carbocycles. The fourth-order valence-electron chi connectivity index (χ4n) is 1.53. The Morgan fingerprint density at radius 2 is 1.80 bits per heavy atom. The van der Waals surface area contributed by atoms with E-state index in [1.807, 2.05) is 0 Å². The van der Waals surface area contributed by atoms with E-state index in [0.717, 1.165) is 0 Å². The number of Topliss-reactive ketones (excluding diaryl/α,β-unsaturated/α-hetero) is 1. The molecule has 0 aromatic heterocycles. The lowest BCUT2D eigenvalue weighted by molar-refractivity contribution is -0.182. The van der Waals surface area contributed by atoms with E-state index in [4.69, 9.17) is 23.2 Å². The van der Waals surface area contributed by atoms with Crippen LogP contribution in [0.2, 0.25) is 10.0 Å². The molecule has 106 valence electrons. The second-order valence-corrected chi connectivity index (χ2v) is 4.76. The second-order valence-electron chi connectivity index (χ2n) is 3.92. The Balaban J connectivity index is 2.31. The summed E-state index contributed by atoms with van der Waals surface area (Å²) in [4.78, 5) is 12.0. The van der Waals surface area contributed by atoms with Gasteiger partial charge in [0, 0.05) is 10.6 Å². The maximum absolute atomic E-state index is 12.9. The normalized spacial score (nSPS) is 16.6. The van der Waals surface area contributed by atoms with Gasteiger partial charge in [0.25, 0.3) is 5.66 Å². The molecule has 0 spiro atoms. The highest BCUT2D eigenvalue weighted by Crippen LogP contribution is 2.42. The quantitative estimate of drug-likeness (QED) is 0.745. The number of nitrogens with zero attached hydrogens (tertiary/aromatic N) is 4. The summed E-state index contributed by atoms with van der Waals surface area (Å²) < 4.78 is 38.8. The molecule has 2 rings (SSSR count). The van der Waals surface area contributed by atoms with Crippen molar-refractivity contribution < 1.29 is 18.0 Å². The third-order valence-electron chi connectivity index (χ3n) is 2.55. The van der Waals surface area contributed by atoms with Gasteiger partial charge in [-0.2, -0.15) is 13.2 Å². The number of carbonyl (C=O) groups is 1. The van der Waals surface area contributed by atoms with Crippen LogP contribution in [0, 0.1) is 0 Å². The average molecular weight is 325 g/mol. The molecule has 1 aromatic carbocycles. The second kappa shape index (κ2) is 5.10. The topological polar surface area (TPSA) is 66.5 Å². The van der Waals surface area contributed by atoms with Gasteiger partial charge in [0.05, 0.1) is 11.4 Å². The highest BCUT2D eigenvalue weighted by Gasteiger charge is 2.59. The number of hydrogen-bond donors (Lipinski definition) is 0. The lowest BCUT2D eigenvalue weighted by Gasteiger charge is -2.21. The Bertz CT molecular complexity index is 603. The number of hydrogen-bond acceptors (Lipinski definition) is 5. The Hall–Kier alpha value is -1.54. The zero-order valence-electron chi connectivity index (χ0n) is 9.53. The molecule has 0 radical (unpaired) electrons. The van der Waals surface area contributed by atoms with Gasteiger partial charge < -0.3 is 0 Å². The molecule has 0 amide bonds. The van der Waals surface area contributed by atoms with E-state index >= 15 is 0 Å². The van der Waals surface area contributed by atoms with Gasteiger partial charge in [0.2, 0.25) is 0 Å². The zero-order valence-corrected chi connectivity index (χ0v) is 11.0. The Morgan fingerprint density at radius 1 is 1.20 bits per heavy atom. The molecule has 0 bridgehead atoms. The summed E-state index contributed by atoms with van der Waals surface area (Å²) in [5, 5.41) is 11.8. The molecule has 0 atom stereocenters. The van der Waals surface area contributed by atoms with E-state index in [1.54, 1.807) is 0 Å². The van der Waals surface area contributed by atoms with Crippen molar-refractivity contribution in [1.82, 2.24) is 0 Å². The van der Waals surface area contributed by atoms with Crippen LogP contribution in [0.5, 0.6) is 0 Å². The first-order valence-corrected chi connectivity index (χ1v) is 5.90. The molecule has 1 aliphatic heterocycles. The predicted molar refractivity (Wildman–Crippen MR) is 63.9 cm³/mol. The summed E-state index contributed by atoms with van der Waals surface area (Å²) in [6.45, 7) is 0. The minimum Gasteiger partial charge on any atom is -0.294 e. The molecule has 5 nitrogen and oxygen atoms in total. The van der Waals surface area contributed by atoms with E-state index in [0.29, 0.717) is 0 Å². The summed E-state index contributed by atoms with van der Waals surface area (Å²) in [7, 11) is 0. The molecule has 0 fully saturated rings. The van der Waals surface area contributed by atoms with Gasteiger partial charge in [-0.25, -0.2) is 0 Å². The molecule has 10 heteroatoms. The number of rotatable bonds is 3. The van der Waals surface area contributed by atoms with Crippen molar-refractivity contribution in [2.75, 3.05) is 0 Å². The van der Waals surface area contributed by atoms with Crippen LogP contribution in [0.1, 0.15) is 16.8 Å². The Morgan fingerprint density at radius 3 is 2.30 bits per heavy atom. The standard InChI is InChI=1S/C10H5Cl2F3N4O/c11-5-1-2-6(7(12)3-5)8(20)4-9(10(13,14)15)16-18-19-17-9/h1-3H,4H2. The first-order valence-electron chi connectivity index (χ1n) is 5.14. The van der Waals surface area contributed by atoms with Gasteiger partial charge in [0.1, 0.15) is 0 Å². The van der Waals surface area contributed by atoms with Gasteiger partial charge in [-0.05, 0) is 28.6 Å². The molecule has 0 unspecified atom stereocenters. The molecule has 0 N–H and O–H groups in total. The van der Waals surface area contributed by atoms with E-state index in [2.05, 4.69) is 20.7 Å². The largest absolute Gasteiger partial charge is 0.438 e. The third kappa shape index (κ3) is 2.66. The number of carbonyl (C=O) groups excluding carboxylic acids is 1. The van der Waals surface area contributed by atoms with Crippen LogP contribution in [0.3, 0.4) is 0 Å². The summed E-state index contributed by atoms with van der Waals surface area (Å²) in [6, 6.07) is 3.84. The third-order valence-corrected chi connectivity index (χ3v) is 3.10. The van der Waals surface area contributed by atoms with Gasteiger partial charge in [-0.15, -0.1) is 10.2 Å². The number of benzene rings is 1. The first kappa shape index (κ1) is 14.9. The van der Waals surface area contributed by atoms with Gasteiger partial charge in [-0.1, -0.05) is 23.2 Å². The Kier molecular flexibility index (Phi) is 3.79. The van der Waals surface area contributed by atoms with E-state index < -0.39 is 24.0 Å². The van der Waals surface area contributed by atoms with Gasteiger partial charge >= 0.3 is 6.18 Å². The van der Waals surface area contributed by atoms with Crippen LogP contribution in [0.15, 0.2) is 38.9 Å². The summed E-state index contributed by atoms with van der Waals surface area (Å²) in [6.07, 6.45) is -5.95. The van der Waals surface area contributed by atoms with E-state index in [9.17, 15) is 18.0 Å². The maximum Gasteiger partial charge on any atom is 0.438 e. The first-order chi connectivity index (χ1) is 9.25. The van der Waals surface area contributed by atoms with Crippen molar-refractivity contribution >= 4 is 29.0 Å². The molecule has 0 saturated heterocycles. The van der Waals surface area contributed by atoms with Crippen LogP contribution in [-0.4, -0.2) is 17.6 Å². The SMILES string of the molecule is O=C(CC1(C(F)(F)F)N=NN=N1)c1ccc(Cl)cc1Cl. The van der Waals surface area contributed by atoms with Crippen molar-refractivity contribution in [3.8, 4) is 0 Å². The summed E-state index contributed by atoms with van der Waals surface area (Å²) >= 11 is 11.4. The average Bonchev–Trinajstić information content (AvgIpc) is 2.77. The lowest BCUT2D eigenvalue weighted by Crippen LogP contribution is -2.42. The van der Waals surface area contributed by atoms with Crippen molar-refractivity contribution in [2.45, 2.75) is 18.3 Å². The lowest BCUT2D eigenvalue weighted by atomic mass is 9.99. The molecule has 20 heavy (non-hydrogen) atoms. The fraction of sp³-hybridized carbons (Fsp3) is 0.300. The molecule has 0 aliphatic carbocycles.